The zero-order chi connectivity index (χ0) is 16.0. The summed E-state index contributed by atoms with van der Waals surface area (Å²) >= 11 is 6.58. The molecule has 5 heteroatoms. The summed E-state index contributed by atoms with van der Waals surface area (Å²) < 4.78 is 28.0. The molecular formula is C18H14ClNO2S. The highest BCUT2D eigenvalue weighted by molar-refractivity contribution is 7.89. The van der Waals surface area contributed by atoms with E-state index in [0.717, 1.165) is 21.9 Å². The van der Waals surface area contributed by atoms with Crippen LogP contribution >= 0.6 is 11.6 Å². The molecule has 1 aliphatic rings. The highest BCUT2D eigenvalue weighted by Gasteiger charge is 2.35. The van der Waals surface area contributed by atoms with E-state index in [4.69, 9.17) is 11.6 Å². The molecule has 3 aromatic carbocycles. The first-order valence-corrected chi connectivity index (χ1v) is 9.23. The number of hydrogen-bond donors (Lipinski definition) is 1. The van der Waals surface area contributed by atoms with Gasteiger partial charge in [-0.05, 0) is 34.0 Å². The maximum atomic E-state index is 12.6. The van der Waals surface area contributed by atoms with E-state index < -0.39 is 21.4 Å². The molecule has 1 N–H and O–H groups in total. The molecule has 0 radical (unpaired) electrons. The Kier molecular flexibility index (Phi) is 3.41. The molecule has 0 bridgehead atoms. The fourth-order valence-electron chi connectivity index (χ4n) is 3.18. The lowest BCUT2D eigenvalue weighted by atomic mass is 10.1. The van der Waals surface area contributed by atoms with Crippen LogP contribution in [0.4, 0.5) is 0 Å². The fourth-order valence-corrected chi connectivity index (χ4v) is 4.89. The van der Waals surface area contributed by atoms with E-state index in [-0.39, 0.29) is 4.90 Å². The minimum Gasteiger partial charge on any atom is -0.207 e. The van der Waals surface area contributed by atoms with E-state index in [9.17, 15) is 8.42 Å². The van der Waals surface area contributed by atoms with Crippen LogP contribution in [0.5, 0.6) is 0 Å². The first-order valence-electron chi connectivity index (χ1n) is 7.31. The Bertz CT molecular complexity index is 981. The predicted molar refractivity (Wildman–Crippen MR) is 92.0 cm³/mol. The molecule has 2 atom stereocenters. The number of alkyl halides is 1. The topological polar surface area (TPSA) is 46.2 Å². The zero-order valence-electron chi connectivity index (χ0n) is 12.1. The van der Waals surface area contributed by atoms with E-state index in [1.54, 1.807) is 30.3 Å². The molecular weight excluding hydrogens is 330 g/mol. The standard InChI is InChI=1S/C18H14ClNO2S/c19-17-14-10-4-6-12-7-5-11-15(16(12)14)18(17)20-23(21,22)13-8-2-1-3-9-13/h1-11,17-18,20H/t17-,18-/m1/s1. The molecule has 1 aliphatic carbocycles. The number of benzene rings is 3. The summed E-state index contributed by atoms with van der Waals surface area (Å²) in [6.45, 7) is 0. The lowest BCUT2D eigenvalue weighted by Crippen LogP contribution is -2.29. The van der Waals surface area contributed by atoms with Crippen LogP contribution in [0.1, 0.15) is 22.5 Å². The average Bonchev–Trinajstić information content (AvgIpc) is 2.84. The number of sulfonamides is 1. The van der Waals surface area contributed by atoms with E-state index in [1.165, 1.54) is 0 Å². The zero-order valence-corrected chi connectivity index (χ0v) is 13.7. The van der Waals surface area contributed by atoms with Gasteiger partial charge < -0.3 is 0 Å². The second-order valence-corrected chi connectivity index (χ2v) is 7.79. The van der Waals surface area contributed by atoms with Crippen molar-refractivity contribution in [2.24, 2.45) is 0 Å². The second kappa shape index (κ2) is 5.34. The normalized spacial score (nSPS) is 20.0. The summed E-state index contributed by atoms with van der Waals surface area (Å²) in [6, 6.07) is 19.7. The van der Waals surface area contributed by atoms with Crippen LogP contribution in [0.15, 0.2) is 71.6 Å². The highest BCUT2D eigenvalue weighted by Crippen LogP contribution is 2.47. The van der Waals surface area contributed by atoms with Crippen molar-refractivity contribution >= 4 is 32.4 Å². The third-order valence-electron chi connectivity index (χ3n) is 4.23. The van der Waals surface area contributed by atoms with Gasteiger partial charge in [-0.15, -0.1) is 11.6 Å². The molecule has 3 nitrogen and oxygen atoms in total. The fraction of sp³-hybridized carbons (Fsp3) is 0.111. The smallest absolute Gasteiger partial charge is 0.207 e. The Morgan fingerprint density at radius 2 is 1.48 bits per heavy atom. The molecule has 4 rings (SSSR count). The van der Waals surface area contributed by atoms with Gasteiger partial charge in [-0.1, -0.05) is 54.6 Å². The van der Waals surface area contributed by atoms with Gasteiger partial charge in [0.15, 0.2) is 0 Å². The van der Waals surface area contributed by atoms with Crippen molar-refractivity contribution in [3.63, 3.8) is 0 Å². The Hall–Kier alpha value is -1.88. The van der Waals surface area contributed by atoms with Gasteiger partial charge in [0.1, 0.15) is 0 Å². The lowest BCUT2D eigenvalue weighted by Gasteiger charge is -2.18. The Morgan fingerprint density at radius 1 is 0.826 bits per heavy atom. The van der Waals surface area contributed by atoms with Crippen LogP contribution < -0.4 is 4.72 Å². The monoisotopic (exact) mass is 343 g/mol. The molecule has 0 aliphatic heterocycles. The van der Waals surface area contributed by atoms with E-state index in [2.05, 4.69) is 4.72 Å². The van der Waals surface area contributed by atoms with Crippen LogP contribution in [-0.2, 0) is 10.0 Å². The van der Waals surface area contributed by atoms with Crippen molar-refractivity contribution in [2.75, 3.05) is 0 Å². The summed E-state index contributed by atoms with van der Waals surface area (Å²) in [5, 5.41) is 1.71. The third-order valence-corrected chi connectivity index (χ3v) is 6.17. The second-order valence-electron chi connectivity index (χ2n) is 5.61. The number of nitrogens with one attached hydrogen (secondary N) is 1. The minimum atomic E-state index is -3.63. The number of hydrogen-bond acceptors (Lipinski definition) is 2. The van der Waals surface area contributed by atoms with E-state index in [0.29, 0.717) is 0 Å². The van der Waals surface area contributed by atoms with Crippen LogP contribution in [0.25, 0.3) is 10.8 Å². The number of rotatable bonds is 3. The Balaban J connectivity index is 1.79. The van der Waals surface area contributed by atoms with Crippen molar-refractivity contribution in [2.45, 2.75) is 16.3 Å². The first kappa shape index (κ1) is 14.7. The van der Waals surface area contributed by atoms with E-state index >= 15 is 0 Å². The molecule has 0 fully saturated rings. The highest BCUT2D eigenvalue weighted by atomic mass is 35.5. The Morgan fingerprint density at radius 3 is 2.17 bits per heavy atom. The lowest BCUT2D eigenvalue weighted by molar-refractivity contribution is 0.556. The predicted octanol–water partition coefficient (Wildman–Crippen LogP) is 4.15. The van der Waals surface area contributed by atoms with Gasteiger partial charge >= 0.3 is 0 Å². The van der Waals surface area contributed by atoms with Crippen molar-refractivity contribution in [3.8, 4) is 0 Å². The molecule has 23 heavy (non-hydrogen) atoms. The summed E-state index contributed by atoms with van der Waals surface area (Å²) in [7, 11) is -3.63. The van der Waals surface area contributed by atoms with Gasteiger partial charge in [0.05, 0.1) is 16.3 Å². The van der Waals surface area contributed by atoms with Gasteiger partial charge in [0.25, 0.3) is 0 Å². The van der Waals surface area contributed by atoms with Gasteiger partial charge in [-0.2, -0.15) is 0 Å². The van der Waals surface area contributed by atoms with Crippen LogP contribution in [0.2, 0.25) is 0 Å². The maximum absolute atomic E-state index is 12.6. The molecule has 0 heterocycles. The van der Waals surface area contributed by atoms with Crippen LogP contribution in [0.3, 0.4) is 0 Å². The minimum absolute atomic E-state index is 0.243. The largest absolute Gasteiger partial charge is 0.241 e. The van der Waals surface area contributed by atoms with Gasteiger partial charge in [-0.3, -0.25) is 0 Å². The summed E-state index contributed by atoms with van der Waals surface area (Å²) in [6.07, 6.45) is 0. The first-order chi connectivity index (χ1) is 11.1. The quantitative estimate of drug-likeness (QED) is 0.726. The van der Waals surface area contributed by atoms with Gasteiger partial charge in [-0.25, -0.2) is 13.1 Å². The molecule has 0 unspecified atom stereocenters. The Labute approximate surface area is 140 Å². The molecule has 0 saturated heterocycles. The summed E-state index contributed by atoms with van der Waals surface area (Å²) in [5.41, 5.74) is 1.90. The van der Waals surface area contributed by atoms with Crippen molar-refractivity contribution in [3.05, 3.63) is 77.9 Å². The average molecular weight is 344 g/mol. The van der Waals surface area contributed by atoms with Crippen molar-refractivity contribution < 1.29 is 8.42 Å². The summed E-state index contributed by atoms with van der Waals surface area (Å²) in [5.74, 6) is 0. The third kappa shape index (κ3) is 2.34. The molecule has 0 aromatic heterocycles. The van der Waals surface area contributed by atoms with Crippen LogP contribution in [-0.4, -0.2) is 8.42 Å². The van der Waals surface area contributed by atoms with Gasteiger partial charge in [0.2, 0.25) is 10.0 Å². The molecule has 0 spiro atoms. The maximum Gasteiger partial charge on any atom is 0.241 e. The molecule has 116 valence electrons. The van der Waals surface area contributed by atoms with Crippen LogP contribution in [0, 0.1) is 0 Å². The number of halogens is 1. The van der Waals surface area contributed by atoms with E-state index in [1.807, 2.05) is 36.4 Å². The van der Waals surface area contributed by atoms with Crippen molar-refractivity contribution in [1.29, 1.82) is 0 Å². The SMILES string of the molecule is O=S(=O)(N[C@@H]1c2cccc3cccc(c23)[C@H]1Cl)c1ccccc1. The molecule has 3 aromatic rings. The summed E-state index contributed by atoms with van der Waals surface area (Å²) in [4.78, 5) is 0.243. The van der Waals surface area contributed by atoms with Crippen molar-refractivity contribution in [1.82, 2.24) is 4.72 Å². The molecule has 0 saturated carbocycles. The van der Waals surface area contributed by atoms with Gasteiger partial charge in [0, 0.05) is 0 Å². The molecule has 0 amide bonds.